The number of aliphatic hydroxyl groups is 2. The van der Waals surface area contributed by atoms with Crippen molar-refractivity contribution in [2.45, 2.75) is 65.1 Å². The molecule has 80 valence electrons. The molecule has 0 amide bonds. The summed E-state index contributed by atoms with van der Waals surface area (Å²) in [5.41, 5.74) is 0. The van der Waals surface area contributed by atoms with Crippen LogP contribution >= 0.6 is 0 Å². The van der Waals surface area contributed by atoms with Gasteiger partial charge in [-0.3, -0.25) is 0 Å². The van der Waals surface area contributed by atoms with Crippen molar-refractivity contribution in [1.29, 1.82) is 0 Å². The normalized spacial score (nSPS) is 16.2. The van der Waals surface area contributed by atoms with Gasteiger partial charge in [0.05, 0.1) is 12.2 Å². The summed E-state index contributed by atoms with van der Waals surface area (Å²) in [6.07, 6.45) is 3.74. The molecule has 0 heterocycles. The van der Waals surface area contributed by atoms with E-state index in [0.29, 0.717) is 6.42 Å². The summed E-state index contributed by atoms with van der Waals surface area (Å²) in [6.45, 7) is 6.30. The van der Waals surface area contributed by atoms with Gasteiger partial charge in [-0.15, -0.1) is 0 Å². The van der Waals surface area contributed by atoms with E-state index >= 15 is 0 Å². The minimum absolute atomic E-state index is 0.517. The van der Waals surface area contributed by atoms with Gasteiger partial charge >= 0.3 is 0 Å². The summed E-state index contributed by atoms with van der Waals surface area (Å²) < 4.78 is 0. The molecule has 2 nitrogen and oxygen atoms in total. The fraction of sp³-hybridized carbons (Fsp3) is 1.00. The average molecular weight is 188 g/mol. The van der Waals surface area contributed by atoms with Crippen LogP contribution in [0.5, 0.6) is 0 Å². The Labute approximate surface area is 82.0 Å². The van der Waals surface area contributed by atoms with Crippen LogP contribution in [0.15, 0.2) is 0 Å². The Morgan fingerprint density at radius 2 is 1.46 bits per heavy atom. The fourth-order valence-corrected chi connectivity index (χ4v) is 1.37. The lowest BCUT2D eigenvalue weighted by atomic mass is 10.0. The van der Waals surface area contributed by atoms with E-state index in [1.165, 1.54) is 6.42 Å². The first kappa shape index (κ1) is 12.9. The Balaban J connectivity index is 3.31. The number of rotatable bonds is 7. The van der Waals surface area contributed by atoms with Crippen molar-refractivity contribution in [3.63, 3.8) is 0 Å². The van der Waals surface area contributed by atoms with Crippen molar-refractivity contribution in [3.8, 4) is 0 Å². The quantitative estimate of drug-likeness (QED) is 0.602. The zero-order chi connectivity index (χ0) is 10.3. The highest BCUT2D eigenvalue weighted by molar-refractivity contribution is 4.65. The van der Waals surface area contributed by atoms with Gasteiger partial charge in [-0.25, -0.2) is 0 Å². The van der Waals surface area contributed by atoms with Crippen LogP contribution in [-0.4, -0.2) is 22.4 Å². The van der Waals surface area contributed by atoms with Crippen LogP contribution in [0.2, 0.25) is 0 Å². The third kappa shape index (κ3) is 7.03. The van der Waals surface area contributed by atoms with Crippen molar-refractivity contribution in [1.82, 2.24) is 0 Å². The minimum Gasteiger partial charge on any atom is -0.390 e. The molecule has 0 aromatic carbocycles. The number of hydrogen-bond acceptors (Lipinski definition) is 2. The molecule has 0 saturated carbocycles. The number of unbranched alkanes of at least 4 members (excludes halogenated alkanes) is 1. The van der Waals surface area contributed by atoms with Crippen molar-refractivity contribution >= 4 is 0 Å². The smallest absolute Gasteiger partial charge is 0.0799 e. The van der Waals surface area contributed by atoms with Gasteiger partial charge < -0.3 is 10.2 Å². The SMILES string of the molecule is CC[C@@H](O)[C@@H](O)CCCCC(C)C. The lowest BCUT2D eigenvalue weighted by molar-refractivity contribution is 0.0113. The standard InChI is InChI=1S/C11H24O2/c1-4-10(12)11(13)8-6-5-7-9(2)3/h9-13H,4-8H2,1-3H3/t10-,11+/m1/s1. The number of hydrogen-bond donors (Lipinski definition) is 2. The zero-order valence-electron chi connectivity index (χ0n) is 9.16. The molecule has 0 rings (SSSR count). The fourth-order valence-electron chi connectivity index (χ4n) is 1.37. The van der Waals surface area contributed by atoms with E-state index in [-0.39, 0.29) is 0 Å². The highest BCUT2D eigenvalue weighted by Crippen LogP contribution is 2.12. The molecule has 0 bridgehead atoms. The second kappa shape index (κ2) is 7.34. The van der Waals surface area contributed by atoms with Crippen molar-refractivity contribution in [3.05, 3.63) is 0 Å². The van der Waals surface area contributed by atoms with E-state index in [0.717, 1.165) is 25.2 Å². The first-order chi connectivity index (χ1) is 6.07. The van der Waals surface area contributed by atoms with Crippen LogP contribution in [0, 0.1) is 5.92 Å². The molecule has 13 heavy (non-hydrogen) atoms. The molecule has 2 N–H and O–H groups in total. The summed E-state index contributed by atoms with van der Waals surface area (Å²) in [7, 11) is 0. The first-order valence-corrected chi connectivity index (χ1v) is 5.44. The molecule has 0 aromatic heterocycles. The monoisotopic (exact) mass is 188 g/mol. The van der Waals surface area contributed by atoms with Crippen LogP contribution < -0.4 is 0 Å². The Hall–Kier alpha value is -0.0800. The molecule has 0 spiro atoms. The molecular formula is C11H24O2. The van der Waals surface area contributed by atoms with Crippen LogP contribution in [0.1, 0.15) is 52.9 Å². The summed E-state index contributed by atoms with van der Waals surface area (Å²) in [6, 6.07) is 0. The molecule has 0 aliphatic heterocycles. The minimum atomic E-state index is -0.529. The molecular weight excluding hydrogens is 164 g/mol. The van der Waals surface area contributed by atoms with Crippen molar-refractivity contribution < 1.29 is 10.2 Å². The van der Waals surface area contributed by atoms with Crippen molar-refractivity contribution in [2.24, 2.45) is 5.92 Å². The van der Waals surface area contributed by atoms with E-state index in [1.807, 2.05) is 6.92 Å². The van der Waals surface area contributed by atoms with Crippen LogP contribution in [0.3, 0.4) is 0 Å². The van der Waals surface area contributed by atoms with Gasteiger partial charge in [-0.1, -0.05) is 40.0 Å². The molecule has 0 radical (unpaired) electrons. The topological polar surface area (TPSA) is 40.5 Å². The maximum atomic E-state index is 9.43. The average Bonchev–Trinajstić information content (AvgIpc) is 2.10. The highest BCUT2D eigenvalue weighted by atomic mass is 16.3. The Kier molecular flexibility index (Phi) is 7.29. The molecule has 0 unspecified atom stereocenters. The third-order valence-electron chi connectivity index (χ3n) is 2.39. The molecule has 0 fully saturated rings. The zero-order valence-corrected chi connectivity index (χ0v) is 9.16. The molecule has 0 aliphatic rings. The maximum Gasteiger partial charge on any atom is 0.0799 e. The van der Waals surface area contributed by atoms with E-state index in [9.17, 15) is 10.2 Å². The predicted molar refractivity (Wildman–Crippen MR) is 55.6 cm³/mol. The Morgan fingerprint density at radius 3 is 1.92 bits per heavy atom. The highest BCUT2D eigenvalue weighted by Gasteiger charge is 2.12. The van der Waals surface area contributed by atoms with E-state index in [4.69, 9.17) is 0 Å². The van der Waals surface area contributed by atoms with Gasteiger partial charge in [0.2, 0.25) is 0 Å². The Morgan fingerprint density at radius 1 is 0.923 bits per heavy atom. The Bertz CT molecular complexity index is 113. The molecule has 0 saturated heterocycles. The van der Waals surface area contributed by atoms with Crippen molar-refractivity contribution in [2.75, 3.05) is 0 Å². The van der Waals surface area contributed by atoms with Gasteiger partial charge in [0.1, 0.15) is 0 Å². The molecule has 0 aliphatic carbocycles. The van der Waals surface area contributed by atoms with E-state index < -0.39 is 12.2 Å². The summed E-state index contributed by atoms with van der Waals surface area (Å²) in [5.74, 6) is 0.744. The largest absolute Gasteiger partial charge is 0.390 e. The van der Waals surface area contributed by atoms with Crippen LogP contribution in [-0.2, 0) is 0 Å². The predicted octanol–water partition coefficient (Wildman–Crippen LogP) is 2.33. The second-order valence-corrected chi connectivity index (χ2v) is 4.22. The third-order valence-corrected chi connectivity index (χ3v) is 2.39. The van der Waals surface area contributed by atoms with Gasteiger partial charge in [0, 0.05) is 0 Å². The lowest BCUT2D eigenvalue weighted by Crippen LogP contribution is -2.24. The number of aliphatic hydroxyl groups excluding tert-OH is 2. The van der Waals surface area contributed by atoms with Gasteiger partial charge in [-0.2, -0.15) is 0 Å². The first-order valence-electron chi connectivity index (χ1n) is 5.44. The van der Waals surface area contributed by atoms with Gasteiger partial charge in [0.25, 0.3) is 0 Å². The van der Waals surface area contributed by atoms with Gasteiger partial charge in [0.15, 0.2) is 0 Å². The maximum absolute atomic E-state index is 9.43. The van der Waals surface area contributed by atoms with Crippen LogP contribution in [0.25, 0.3) is 0 Å². The van der Waals surface area contributed by atoms with Gasteiger partial charge in [-0.05, 0) is 18.8 Å². The lowest BCUT2D eigenvalue weighted by Gasteiger charge is -2.15. The summed E-state index contributed by atoms with van der Waals surface area (Å²) >= 11 is 0. The molecule has 0 aromatic rings. The second-order valence-electron chi connectivity index (χ2n) is 4.22. The molecule has 2 atom stereocenters. The van der Waals surface area contributed by atoms with Crippen LogP contribution in [0.4, 0.5) is 0 Å². The van der Waals surface area contributed by atoms with E-state index in [2.05, 4.69) is 13.8 Å². The summed E-state index contributed by atoms with van der Waals surface area (Å²) in [5, 5.41) is 18.7. The van der Waals surface area contributed by atoms with E-state index in [1.54, 1.807) is 0 Å². The molecule has 2 heteroatoms. The summed E-state index contributed by atoms with van der Waals surface area (Å²) in [4.78, 5) is 0.